The molecule has 2 aromatic carbocycles. The largest absolute Gasteiger partial charge is 0.325 e. The fraction of sp³-hybridized carbons (Fsp3) is 0.409. The molecule has 6 heteroatoms. The lowest BCUT2D eigenvalue weighted by Gasteiger charge is -2.24. The first kappa shape index (κ1) is 19.0. The number of benzene rings is 2. The van der Waals surface area contributed by atoms with E-state index in [1.807, 2.05) is 39.8 Å². The van der Waals surface area contributed by atoms with Crippen LogP contribution in [0.2, 0.25) is 0 Å². The van der Waals surface area contributed by atoms with Crippen molar-refractivity contribution in [3.63, 3.8) is 0 Å². The maximum Gasteiger partial charge on any atom is 0.325 e. The monoisotopic (exact) mass is 398 g/mol. The highest BCUT2D eigenvalue weighted by molar-refractivity contribution is 7.91. The summed E-state index contributed by atoms with van der Waals surface area (Å²) in [6, 6.07) is 11.4. The Morgan fingerprint density at radius 3 is 2.21 bits per heavy atom. The van der Waals surface area contributed by atoms with E-state index in [1.54, 1.807) is 9.80 Å². The van der Waals surface area contributed by atoms with Crippen LogP contribution in [0.1, 0.15) is 27.8 Å². The Kier molecular flexibility index (Phi) is 4.49. The van der Waals surface area contributed by atoms with E-state index < -0.39 is 9.84 Å². The maximum absolute atomic E-state index is 13.4. The number of fused-ring (bicyclic) bond motifs is 1. The van der Waals surface area contributed by atoms with Crippen LogP contribution in [0.4, 0.5) is 10.5 Å². The van der Waals surface area contributed by atoms with Crippen LogP contribution < -0.4 is 4.90 Å². The summed E-state index contributed by atoms with van der Waals surface area (Å²) >= 11 is 0. The highest BCUT2D eigenvalue weighted by Crippen LogP contribution is 2.37. The first-order chi connectivity index (χ1) is 13.1. The SMILES string of the molecule is Cc1cc(C)cc(N2C(=O)N(Cc3cc(C)ccc3C)[C@H]3CS(=O)(=O)C[C@H]32)c1. The van der Waals surface area contributed by atoms with Gasteiger partial charge < -0.3 is 4.90 Å². The quantitative estimate of drug-likeness (QED) is 0.743. The van der Waals surface area contributed by atoms with Crippen molar-refractivity contribution in [2.24, 2.45) is 0 Å². The van der Waals surface area contributed by atoms with Crippen LogP contribution >= 0.6 is 0 Å². The number of urea groups is 1. The predicted molar refractivity (Wildman–Crippen MR) is 111 cm³/mol. The molecule has 2 aromatic rings. The smallest absolute Gasteiger partial charge is 0.314 e. The molecular formula is C22H26N2O3S. The Bertz CT molecular complexity index is 1040. The Morgan fingerprint density at radius 2 is 1.54 bits per heavy atom. The van der Waals surface area contributed by atoms with E-state index in [2.05, 4.69) is 24.3 Å². The molecule has 0 N–H and O–H groups in total. The standard InChI is InChI=1S/C22H26N2O3S/c1-14-5-6-17(4)18(8-14)11-23-20-12-28(26,27)13-21(20)24(22(23)25)19-9-15(2)7-16(3)10-19/h5-10,20-21H,11-13H2,1-4H3/t20-,21+/m0/s1. The van der Waals surface area contributed by atoms with Crippen molar-refractivity contribution in [2.45, 2.75) is 46.3 Å². The summed E-state index contributed by atoms with van der Waals surface area (Å²) in [5, 5.41) is 0. The summed E-state index contributed by atoms with van der Waals surface area (Å²) in [6.07, 6.45) is 0. The van der Waals surface area contributed by atoms with Crippen molar-refractivity contribution in [3.8, 4) is 0 Å². The molecule has 2 amide bonds. The van der Waals surface area contributed by atoms with Gasteiger partial charge in [0, 0.05) is 12.2 Å². The van der Waals surface area contributed by atoms with Crippen LogP contribution in [0.15, 0.2) is 36.4 Å². The zero-order valence-corrected chi connectivity index (χ0v) is 17.6. The third-order valence-corrected chi connectivity index (χ3v) is 7.51. The molecule has 2 aliphatic rings. The van der Waals surface area contributed by atoms with Gasteiger partial charge in [-0.05, 0) is 62.1 Å². The van der Waals surface area contributed by atoms with Gasteiger partial charge in [0.05, 0.1) is 23.6 Å². The Labute approximate surface area is 166 Å². The number of nitrogens with zero attached hydrogens (tertiary/aromatic N) is 2. The number of sulfone groups is 1. The van der Waals surface area contributed by atoms with E-state index >= 15 is 0 Å². The van der Waals surface area contributed by atoms with Crippen molar-refractivity contribution in [1.82, 2.24) is 4.90 Å². The van der Waals surface area contributed by atoms with Gasteiger partial charge in [0.15, 0.2) is 9.84 Å². The first-order valence-electron chi connectivity index (χ1n) is 9.59. The van der Waals surface area contributed by atoms with Gasteiger partial charge in [-0.2, -0.15) is 0 Å². The van der Waals surface area contributed by atoms with E-state index in [-0.39, 0.29) is 29.6 Å². The topological polar surface area (TPSA) is 57.7 Å². The van der Waals surface area contributed by atoms with E-state index in [9.17, 15) is 13.2 Å². The average molecular weight is 399 g/mol. The van der Waals surface area contributed by atoms with Gasteiger partial charge in [0.2, 0.25) is 0 Å². The molecule has 2 heterocycles. The third-order valence-electron chi connectivity index (χ3n) is 5.81. The van der Waals surface area contributed by atoms with Crippen LogP contribution in [-0.2, 0) is 16.4 Å². The third kappa shape index (κ3) is 3.30. The molecule has 0 unspecified atom stereocenters. The summed E-state index contributed by atoms with van der Waals surface area (Å²) in [6.45, 7) is 8.48. The zero-order chi connectivity index (χ0) is 20.2. The minimum absolute atomic E-state index is 0.0275. The molecular weight excluding hydrogens is 372 g/mol. The second kappa shape index (κ2) is 6.62. The van der Waals surface area contributed by atoms with Crippen molar-refractivity contribution in [3.05, 3.63) is 64.2 Å². The molecule has 28 heavy (non-hydrogen) atoms. The van der Waals surface area contributed by atoms with Gasteiger partial charge in [0.1, 0.15) is 0 Å². The molecule has 0 radical (unpaired) electrons. The second-order valence-corrected chi connectivity index (χ2v) is 10.4. The Hall–Kier alpha value is -2.34. The van der Waals surface area contributed by atoms with Gasteiger partial charge in [-0.3, -0.25) is 4.90 Å². The van der Waals surface area contributed by atoms with Gasteiger partial charge in [0.25, 0.3) is 0 Å². The molecule has 148 valence electrons. The number of hydrogen-bond acceptors (Lipinski definition) is 3. The van der Waals surface area contributed by atoms with E-state index in [4.69, 9.17) is 0 Å². The molecule has 2 saturated heterocycles. The number of carbonyl (C=O) groups excluding carboxylic acids is 1. The number of anilines is 1. The molecule has 0 bridgehead atoms. The minimum atomic E-state index is -3.17. The number of aryl methyl sites for hydroxylation is 4. The van der Waals surface area contributed by atoms with Crippen LogP contribution in [0, 0.1) is 27.7 Å². The second-order valence-electron chi connectivity index (χ2n) is 8.27. The molecule has 0 aliphatic carbocycles. The minimum Gasteiger partial charge on any atom is -0.314 e. The summed E-state index contributed by atoms with van der Waals surface area (Å²) < 4.78 is 24.8. The summed E-state index contributed by atoms with van der Waals surface area (Å²) in [5.74, 6) is 0.0647. The van der Waals surface area contributed by atoms with E-state index in [1.165, 1.54) is 0 Å². The lowest BCUT2D eigenvalue weighted by molar-refractivity contribution is 0.205. The molecule has 2 fully saturated rings. The molecule has 2 atom stereocenters. The summed E-state index contributed by atoms with van der Waals surface area (Å²) in [7, 11) is -3.17. The molecule has 5 nitrogen and oxygen atoms in total. The van der Waals surface area contributed by atoms with Gasteiger partial charge >= 0.3 is 6.03 Å². The first-order valence-corrected chi connectivity index (χ1v) is 11.4. The lowest BCUT2D eigenvalue weighted by Crippen LogP contribution is -2.37. The number of rotatable bonds is 3. The predicted octanol–water partition coefficient (Wildman–Crippen LogP) is 3.53. The van der Waals surface area contributed by atoms with Gasteiger partial charge in [-0.25, -0.2) is 13.2 Å². The number of carbonyl (C=O) groups is 1. The van der Waals surface area contributed by atoms with Gasteiger partial charge in [-0.1, -0.05) is 29.8 Å². The summed E-state index contributed by atoms with van der Waals surface area (Å²) in [5.41, 5.74) is 6.23. The molecule has 0 aromatic heterocycles. The molecule has 0 spiro atoms. The van der Waals surface area contributed by atoms with Crippen molar-refractivity contribution < 1.29 is 13.2 Å². The average Bonchev–Trinajstić information content (AvgIpc) is 3.01. The van der Waals surface area contributed by atoms with Crippen LogP contribution in [0.5, 0.6) is 0 Å². The van der Waals surface area contributed by atoms with Crippen LogP contribution in [0.3, 0.4) is 0 Å². The Balaban J connectivity index is 1.75. The lowest BCUT2D eigenvalue weighted by atomic mass is 10.0. The van der Waals surface area contributed by atoms with Crippen molar-refractivity contribution >= 4 is 21.6 Å². The van der Waals surface area contributed by atoms with Crippen LogP contribution in [0.25, 0.3) is 0 Å². The molecule has 4 rings (SSSR count). The zero-order valence-electron chi connectivity index (χ0n) is 16.8. The molecule has 0 saturated carbocycles. The number of amides is 2. The normalized spacial score (nSPS) is 23.4. The molecule has 2 aliphatic heterocycles. The Morgan fingerprint density at radius 1 is 0.893 bits per heavy atom. The van der Waals surface area contributed by atoms with Gasteiger partial charge in [-0.15, -0.1) is 0 Å². The van der Waals surface area contributed by atoms with E-state index in [0.29, 0.717) is 6.54 Å². The number of hydrogen-bond donors (Lipinski definition) is 0. The highest BCUT2D eigenvalue weighted by atomic mass is 32.2. The van der Waals surface area contributed by atoms with Crippen molar-refractivity contribution in [1.29, 1.82) is 0 Å². The summed E-state index contributed by atoms with van der Waals surface area (Å²) in [4.78, 5) is 16.9. The highest BCUT2D eigenvalue weighted by Gasteiger charge is 2.53. The fourth-order valence-electron chi connectivity index (χ4n) is 4.51. The van der Waals surface area contributed by atoms with E-state index in [0.717, 1.165) is 33.5 Å². The maximum atomic E-state index is 13.4. The van der Waals surface area contributed by atoms with Crippen LogP contribution in [-0.4, -0.2) is 42.9 Å². The van der Waals surface area contributed by atoms with Crippen molar-refractivity contribution in [2.75, 3.05) is 16.4 Å². The fourth-order valence-corrected chi connectivity index (χ4v) is 6.46.